The van der Waals surface area contributed by atoms with Crippen LogP contribution in [0.2, 0.25) is 0 Å². The van der Waals surface area contributed by atoms with Gasteiger partial charge < -0.3 is 15.3 Å². The average Bonchev–Trinajstić information content (AvgIpc) is 2.88. The second-order valence-electron chi connectivity index (χ2n) is 5.33. The minimum Gasteiger partial charge on any atom is -0.475 e. The summed E-state index contributed by atoms with van der Waals surface area (Å²) in [5.74, 6) is -0.300. The molecular weight excluding hydrogens is 260 g/mol. The molecule has 2 heterocycles. The monoisotopic (exact) mass is 280 g/mol. The van der Waals surface area contributed by atoms with Gasteiger partial charge in [0.05, 0.1) is 6.04 Å². The summed E-state index contributed by atoms with van der Waals surface area (Å²) in [7, 11) is 0. The zero-order valence-corrected chi connectivity index (χ0v) is 11.5. The lowest BCUT2D eigenvalue weighted by atomic mass is 9.92. The van der Waals surface area contributed by atoms with E-state index < -0.39 is 5.97 Å². The summed E-state index contributed by atoms with van der Waals surface area (Å²) in [6.45, 7) is 3.73. The quantitative estimate of drug-likeness (QED) is 0.854. The third-order valence-electron chi connectivity index (χ3n) is 3.94. The van der Waals surface area contributed by atoms with Gasteiger partial charge in [0.25, 0.3) is 0 Å². The van der Waals surface area contributed by atoms with Gasteiger partial charge in [0, 0.05) is 6.42 Å². The second-order valence-corrected chi connectivity index (χ2v) is 5.33. The molecule has 6 heteroatoms. The van der Waals surface area contributed by atoms with E-state index in [4.69, 9.17) is 15.3 Å². The average molecular weight is 280 g/mol. The summed E-state index contributed by atoms with van der Waals surface area (Å²) in [5.41, 5.74) is 5.22. The summed E-state index contributed by atoms with van der Waals surface area (Å²) in [6, 6.07) is 3.23. The lowest BCUT2D eigenvalue weighted by Gasteiger charge is -2.34. The summed E-state index contributed by atoms with van der Waals surface area (Å²) >= 11 is 0. The number of rotatable bonds is 5. The van der Waals surface area contributed by atoms with Crippen LogP contribution < -0.4 is 5.73 Å². The maximum absolute atomic E-state index is 10.9. The van der Waals surface area contributed by atoms with Gasteiger partial charge in [-0.1, -0.05) is 0 Å². The normalized spacial score (nSPS) is 18.9. The molecule has 1 saturated heterocycles. The molecule has 1 unspecified atom stereocenters. The first-order chi connectivity index (χ1) is 9.47. The number of amides is 1. The first-order valence-corrected chi connectivity index (χ1v) is 6.82. The van der Waals surface area contributed by atoms with Crippen LogP contribution in [-0.2, 0) is 4.79 Å². The van der Waals surface area contributed by atoms with Gasteiger partial charge >= 0.3 is 5.97 Å². The number of hydrogen-bond acceptors (Lipinski definition) is 4. The highest BCUT2D eigenvalue weighted by molar-refractivity contribution is 5.84. The predicted octanol–water partition coefficient (Wildman–Crippen LogP) is 1.63. The van der Waals surface area contributed by atoms with Crippen LogP contribution in [0.1, 0.15) is 48.5 Å². The number of carboxylic acid groups (broad SMARTS) is 1. The van der Waals surface area contributed by atoms with Crippen molar-refractivity contribution in [1.82, 2.24) is 4.90 Å². The molecule has 1 fully saturated rings. The molecule has 0 aliphatic carbocycles. The molecule has 0 radical (unpaired) electrons. The van der Waals surface area contributed by atoms with Crippen molar-refractivity contribution >= 4 is 11.9 Å². The van der Waals surface area contributed by atoms with Crippen molar-refractivity contribution in [3.05, 3.63) is 23.7 Å². The van der Waals surface area contributed by atoms with Crippen molar-refractivity contribution in [3.63, 3.8) is 0 Å². The van der Waals surface area contributed by atoms with Crippen molar-refractivity contribution in [2.75, 3.05) is 13.1 Å². The van der Waals surface area contributed by atoms with Crippen LogP contribution in [0.5, 0.6) is 0 Å². The fourth-order valence-corrected chi connectivity index (χ4v) is 2.70. The highest BCUT2D eigenvalue weighted by Gasteiger charge is 2.26. The fourth-order valence-electron chi connectivity index (χ4n) is 2.70. The van der Waals surface area contributed by atoms with Gasteiger partial charge in [-0.25, -0.2) is 4.79 Å². The first-order valence-electron chi connectivity index (χ1n) is 6.82. The Morgan fingerprint density at radius 1 is 1.45 bits per heavy atom. The van der Waals surface area contributed by atoms with Crippen LogP contribution >= 0.6 is 0 Å². The number of carbonyl (C=O) groups excluding carboxylic acids is 1. The van der Waals surface area contributed by atoms with Crippen molar-refractivity contribution in [3.8, 4) is 0 Å². The molecule has 1 aliphatic heterocycles. The molecular formula is C14H20N2O4. The van der Waals surface area contributed by atoms with Crippen LogP contribution in [0.3, 0.4) is 0 Å². The van der Waals surface area contributed by atoms with Crippen LogP contribution in [0.4, 0.5) is 0 Å². The Morgan fingerprint density at radius 2 is 2.10 bits per heavy atom. The third-order valence-corrected chi connectivity index (χ3v) is 3.94. The van der Waals surface area contributed by atoms with Crippen LogP contribution in [0.15, 0.2) is 16.5 Å². The number of primary amides is 1. The molecule has 0 aromatic carbocycles. The third kappa shape index (κ3) is 3.39. The summed E-state index contributed by atoms with van der Waals surface area (Å²) < 4.78 is 5.34. The number of carboxylic acids is 1. The fraction of sp³-hybridized carbons (Fsp3) is 0.571. The number of piperidine rings is 1. The van der Waals surface area contributed by atoms with Crippen LogP contribution in [0, 0.1) is 5.92 Å². The molecule has 1 amide bonds. The van der Waals surface area contributed by atoms with Crippen molar-refractivity contribution in [2.45, 2.75) is 32.2 Å². The van der Waals surface area contributed by atoms with Gasteiger partial charge in [-0.15, -0.1) is 0 Å². The highest BCUT2D eigenvalue weighted by atomic mass is 16.4. The molecule has 0 bridgehead atoms. The minimum absolute atomic E-state index is 0.0320. The lowest BCUT2D eigenvalue weighted by Crippen LogP contribution is -2.36. The first kappa shape index (κ1) is 14.6. The highest BCUT2D eigenvalue weighted by Crippen LogP contribution is 2.28. The van der Waals surface area contributed by atoms with Crippen molar-refractivity contribution < 1.29 is 19.1 Å². The van der Waals surface area contributed by atoms with Crippen molar-refractivity contribution in [1.29, 1.82) is 0 Å². The van der Waals surface area contributed by atoms with E-state index >= 15 is 0 Å². The SMILES string of the molecule is CC(c1ccc(C(=O)O)o1)N1CCC(CC(N)=O)CC1. The van der Waals surface area contributed by atoms with Gasteiger partial charge in [0.2, 0.25) is 11.7 Å². The smallest absolute Gasteiger partial charge is 0.371 e. The predicted molar refractivity (Wildman–Crippen MR) is 72.2 cm³/mol. The second kappa shape index (κ2) is 6.09. The number of likely N-dealkylation sites (tertiary alicyclic amines) is 1. The Hall–Kier alpha value is -1.82. The van der Waals surface area contributed by atoms with E-state index in [0.717, 1.165) is 25.9 Å². The Labute approximate surface area is 117 Å². The molecule has 110 valence electrons. The molecule has 3 N–H and O–H groups in total. The van der Waals surface area contributed by atoms with Crippen molar-refractivity contribution in [2.24, 2.45) is 11.7 Å². The minimum atomic E-state index is -1.05. The van der Waals surface area contributed by atoms with E-state index in [1.807, 2.05) is 6.92 Å². The Balaban J connectivity index is 1.92. The molecule has 0 saturated carbocycles. The van der Waals surface area contributed by atoms with E-state index in [0.29, 0.717) is 18.1 Å². The zero-order valence-electron chi connectivity index (χ0n) is 11.5. The molecule has 6 nitrogen and oxygen atoms in total. The zero-order chi connectivity index (χ0) is 14.7. The molecule has 1 atom stereocenters. The van der Waals surface area contributed by atoms with Gasteiger partial charge in [0.1, 0.15) is 5.76 Å². The number of nitrogens with two attached hydrogens (primary N) is 1. The topological polar surface area (TPSA) is 96.8 Å². The summed E-state index contributed by atoms with van der Waals surface area (Å²) in [5, 5.41) is 8.86. The van der Waals surface area contributed by atoms with Gasteiger partial charge in [-0.3, -0.25) is 9.69 Å². The number of aromatic carboxylic acids is 1. The molecule has 1 aliphatic rings. The lowest BCUT2D eigenvalue weighted by molar-refractivity contribution is -0.119. The largest absolute Gasteiger partial charge is 0.475 e. The Kier molecular flexibility index (Phi) is 4.44. The molecule has 1 aromatic heterocycles. The maximum atomic E-state index is 10.9. The number of carbonyl (C=O) groups is 2. The van der Waals surface area contributed by atoms with E-state index in [1.54, 1.807) is 6.07 Å². The number of nitrogens with zero attached hydrogens (tertiary/aromatic N) is 1. The molecule has 20 heavy (non-hydrogen) atoms. The van der Waals surface area contributed by atoms with Gasteiger partial charge in [-0.2, -0.15) is 0 Å². The van der Waals surface area contributed by atoms with E-state index in [1.165, 1.54) is 6.07 Å². The van der Waals surface area contributed by atoms with E-state index in [2.05, 4.69) is 4.90 Å². The van der Waals surface area contributed by atoms with Gasteiger partial charge in [0.15, 0.2) is 0 Å². The summed E-state index contributed by atoms with van der Waals surface area (Å²) in [6.07, 6.45) is 2.31. The van der Waals surface area contributed by atoms with Gasteiger partial charge in [-0.05, 0) is 50.9 Å². The standard InChI is InChI=1S/C14H20N2O4/c1-9(11-2-3-12(20-11)14(18)19)16-6-4-10(5-7-16)8-13(15)17/h2-3,9-10H,4-8H2,1H3,(H2,15,17)(H,18,19). The van der Waals surface area contributed by atoms with Crippen LogP contribution in [0.25, 0.3) is 0 Å². The Bertz CT molecular complexity index is 489. The summed E-state index contributed by atoms with van der Waals surface area (Å²) in [4.78, 5) is 24.0. The molecule has 2 rings (SSSR count). The van der Waals surface area contributed by atoms with E-state index in [9.17, 15) is 9.59 Å². The molecule has 0 spiro atoms. The maximum Gasteiger partial charge on any atom is 0.371 e. The van der Waals surface area contributed by atoms with Crippen LogP contribution in [-0.4, -0.2) is 35.0 Å². The number of hydrogen-bond donors (Lipinski definition) is 2. The van der Waals surface area contributed by atoms with E-state index in [-0.39, 0.29) is 17.7 Å². The Morgan fingerprint density at radius 3 is 2.60 bits per heavy atom. The number of furan rings is 1. The molecule has 1 aromatic rings.